The Morgan fingerprint density at radius 2 is 2.12 bits per heavy atom. The van der Waals surface area contributed by atoms with E-state index in [4.69, 9.17) is 9.26 Å². The molecule has 1 unspecified atom stereocenters. The maximum atomic E-state index is 11.7. The number of sulfonamides is 1. The number of aromatic hydroxyl groups is 1. The van der Waals surface area contributed by atoms with E-state index in [0.29, 0.717) is 37.0 Å². The van der Waals surface area contributed by atoms with Crippen molar-refractivity contribution in [2.75, 3.05) is 26.0 Å². The summed E-state index contributed by atoms with van der Waals surface area (Å²) in [4.78, 5) is 4.57. The summed E-state index contributed by atoms with van der Waals surface area (Å²) in [6.07, 6.45) is 2.12. The second-order valence-electron chi connectivity index (χ2n) is 7.87. The SMILES string of the molecule is CCOc1ccc(Cc2nc(-c3cccc4c3CCC4NCCS(=O)(=O)NC)no2)cc1O. The van der Waals surface area contributed by atoms with Crippen LogP contribution in [0.5, 0.6) is 11.5 Å². The molecular formula is C23H28N4O5S. The lowest BCUT2D eigenvalue weighted by atomic mass is 10.0. The highest BCUT2D eigenvalue weighted by atomic mass is 32.2. The number of phenols is 1. The van der Waals surface area contributed by atoms with Crippen LogP contribution in [0.2, 0.25) is 0 Å². The Morgan fingerprint density at radius 1 is 1.27 bits per heavy atom. The number of benzene rings is 2. The first-order valence-electron chi connectivity index (χ1n) is 10.9. The molecule has 3 N–H and O–H groups in total. The zero-order valence-corrected chi connectivity index (χ0v) is 19.5. The van der Waals surface area contributed by atoms with E-state index in [1.165, 1.54) is 7.05 Å². The molecule has 0 amide bonds. The molecule has 176 valence electrons. The highest BCUT2D eigenvalue weighted by molar-refractivity contribution is 7.89. The van der Waals surface area contributed by atoms with Crippen molar-refractivity contribution in [1.29, 1.82) is 0 Å². The molecular weight excluding hydrogens is 444 g/mol. The first-order valence-corrected chi connectivity index (χ1v) is 12.6. The summed E-state index contributed by atoms with van der Waals surface area (Å²) in [5.41, 5.74) is 4.05. The number of aromatic nitrogens is 2. The number of ether oxygens (including phenoxy) is 1. The van der Waals surface area contributed by atoms with E-state index < -0.39 is 10.0 Å². The number of hydrogen-bond acceptors (Lipinski definition) is 8. The Balaban J connectivity index is 1.47. The number of rotatable bonds is 10. The number of nitrogens with one attached hydrogen (secondary N) is 2. The fourth-order valence-corrected chi connectivity index (χ4v) is 4.70. The number of phenolic OH excluding ortho intramolecular Hbond substituents is 1. The summed E-state index contributed by atoms with van der Waals surface area (Å²) in [5.74, 6) is 1.53. The van der Waals surface area contributed by atoms with E-state index in [-0.39, 0.29) is 17.5 Å². The monoisotopic (exact) mass is 472 g/mol. The van der Waals surface area contributed by atoms with Gasteiger partial charge in [0.2, 0.25) is 21.7 Å². The molecule has 1 aromatic heterocycles. The normalized spacial score (nSPS) is 15.5. The van der Waals surface area contributed by atoms with E-state index in [1.807, 2.05) is 25.1 Å². The maximum Gasteiger partial charge on any atom is 0.231 e. The van der Waals surface area contributed by atoms with Crippen molar-refractivity contribution in [1.82, 2.24) is 20.2 Å². The molecule has 0 spiro atoms. The van der Waals surface area contributed by atoms with Gasteiger partial charge in [-0.2, -0.15) is 4.98 Å². The van der Waals surface area contributed by atoms with Gasteiger partial charge in [0.15, 0.2) is 11.5 Å². The van der Waals surface area contributed by atoms with Crippen LogP contribution in [0.25, 0.3) is 11.4 Å². The lowest BCUT2D eigenvalue weighted by Crippen LogP contribution is -2.31. The Morgan fingerprint density at radius 3 is 2.88 bits per heavy atom. The number of nitrogens with zero attached hydrogens (tertiary/aromatic N) is 2. The van der Waals surface area contributed by atoms with E-state index in [1.54, 1.807) is 12.1 Å². The maximum absolute atomic E-state index is 11.7. The molecule has 0 saturated carbocycles. The van der Waals surface area contributed by atoms with Crippen LogP contribution >= 0.6 is 0 Å². The molecule has 0 aliphatic heterocycles. The van der Waals surface area contributed by atoms with Crippen molar-refractivity contribution in [2.24, 2.45) is 0 Å². The molecule has 1 heterocycles. The molecule has 1 atom stereocenters. The molecule has 0 radical (unpaired) electrons. The van der Waals surface area contributed by atoms with Crippen molar-refractivity contribution in [3.8, 4) is 22.9 Å². The molecule has 0 bridgehead atoms. The number of fused-ring (bicyclic) bond motifs is 1. The lowest BCUT2D eigenvalue weighted by molar-refractivity contribution is 0.318. The van der Waals surface area contributed by atoms with Crippen molar-refractivity contribution < 1.29 is 22.8 Å². The van der Waals surface area contributed by atoms with Crippen LogP contribution in [-0.4, -0.2) is 49.6 Å². The van der Waals surface area contributed by atoms with Crippen LogP contribution in [0.15, 0.2) is 40.9 Å². The first kappa shape index (κ1) is 23.2. The fourth-order valence-electron chi connectivity index (χ4n) is 4.11. The van der Waals surface area contributed by atoms with Gasteiger partial charge in [-0.3, -0.25) is 0 Å². The van der Waals surface area contributed by atoms with Crippen molar-refractivity contribution in [3.63, 3.8) is 0 Å². The summed E-state index contributed by atoms with van der Waals surface area (Å²) >= 11 is 0. The average Bonchev–Trinajstić information content (AvgIpc) is 3.43. The van der Waals surface area contributed by atoms with Crippen LogP contribution < -0.4 is 14.8 Å². The predicted octanol–water partition coefficient (Wildman–Crippen LogP) is 2.56. The van der Waals surface area contributed by atoms with Crippen molar-refractivity contribution in [2.45, 2.75) is 32.2 Å². The van der Waals surface area contributed by atoms with Gasteiger partial charge in [-0.25, -0.2) is 13.1 Å². The smallest absolute Gasteiger partial charge is 0.231 e. The summed E-state index contributed by atoms with van der Waals surface area (Å²) < 4.78 is 36.5. The molecule has 0 fully saturated rings. The fraction of sp³-hybridized carbons (Fsp3) is 0.391. The summed E-state index contributed by atoms with van der Waals surface area (Å²) in [6, 6.07) is 11.3. The van der Waals surface area contributed by atoms with Gasteiger partial charge in [-0.1, -0.05) is 29.4 Å². The molecule has 1 aliphatic rings. The molecule has 2 aromatic carbocycles. The van der Waals surface area contributed by atoms with Gasteiger partial charge in [0.1, 0.15) is 0 Å². The minimum Gasteiger partial charge on any atom is -0.504 e. The van der Waals surface area contributed by atoms with Crippen LogP contribution in [0.3, 0.4) is 0 Å². The minimum atomic E-state index is -3.24. The predicted molar refractivity (Wildman–Crippen MR) is 124 cm³/mol. The largest absolute Gasteiger partial charge is 0.504 e. The van der Waals surface area contributed by atoms with Crippen LogP contribution in [0, 0.1) is 0 Å². The van der Waals surface area contributed by atoms with E-state index in [0.717, 1.165) is 35.1 Å². The highest BCUT2D eigenvalue weighted by Crippen LogP contribution is 2.37. The van der Waals surface area contributed by atoms with Gasteiger partial charge in [-0.05, 0) is 55.6 Å². The average molecular weight is 473 g/mol. The molecule has 33 heavy (non-hydrogen) atoms. The summed E-state index contributed by atoms with van der Waals surface area (Å²) in [5, 5.41) is 17.6. The second kappa shape index (κ2) is 9.90. The van der Waals surface area contributed by atoms with Gasteiger partial charge in [0.25, 0.3) is 0 Å². The van der Waals surface area contributed by atoms with E-state index in [9.17, 15) is 13.5 Å². The van der Waals surface area contributed by atoms with Gasteiger partial charge < -0.3 is 19.7 Å². The van der Waals surface area contributed by atoms with E-state index in [2.05, 4.69) is 26.2 Å². The van der Waals surface area contributed by atoms with Crippen molar-refractivity contribution in [3.05, 3.63) is 59.0 Å². The Kier molecular flexibility index (Phi) is 6.96. The highest BCUT2D eigenvalue weighted by Gasteiger charge is 2.26. The molecule has 0 saturated heterocycles. The summed E-state index contributed by atoms with van der Waals surface area (Å²) in [6.45, 7) is 2.71. The Bertz CT molecular complexity index is 1230. The second-order valence-corrected chi connectivity index (χ2v) is 9.91. The lowest BCUT2D eigenvalue weighted by Gasteiger charge is -2.14. The third kappa shape index (κ3) is 5.35. The third-order valence-electron chi connectivity index (χ3n) is 5.73. The Labute approximate surface area is 193 Å². The molecule has 3 aromatic rings. The van der Waals surface area contributed by atoms with E-state index >= 15 is 0 Å². The zero-order chi connectivity index (χ0) is 23.4. The molecule has 4 rings (SSSR count). The molecule has 10 heteroatoms. The van der Waals surface area contributed by atoms with Gasteiger partial charge in [0, 0.05) is 18.2 Å². The minimum absolute atomic E-state index is 0.0321. The van der Waals surface area contributed by atoms with Gasteiger partial charge in [-0.15, -0.1) is 0 Å². The molecule has 9 nitrogen and oxygen atoms in total. The first-order chi connectivity index (χ1) is 15.9. The topological polar surface area (TPSA) is 127 Å². The van der Waals surface area contributed by atoms with Crippen LogP contribution in [0.1, 0.15) is 42.0 Å². The van der Waals surface area contributed by atoms with Crippen LogP contribution in [0.4, 0.5) is 0 Å². The van der Waals surface area contributed by atoms with Crippen LogP contribution in [-0.2, 0) is 22.9 Å². The quantitative estimate of drug-likeness (QED) is 0.411. The third-order valence-corrected chi connectivity index (χ3v) is 7.09. The zero-order valence-electron chi connectivity index (χ0n) is 18.7. The number of hydrogen-bond donors (Lipinski definition) is 3. The van der Waals surface area contributed by atoms with Crippen molar-refractivity contribution >= 4 is 10.0 Å². The summed E-state index contributed by atoms with van der Waals surface area (Å²) in [7, 11) is -1.82. The Hall–Kier alpha value is -2.95. The van der Waals surface area contributed by atoms with Gasteiger partial charge in [0.05, 0.1) is 18.8 Å². The molecule has 1 aliphatic carbocycles. The standard InChI is InChI=1S/C23H28N4O5S/c1-3-31-21-10-7-15(13-20(21)28)14-22-26-23(27-32-22)18-6-4-5-17-16(18)8-9-19(17)25-11-12-33(29,30)24-2/h4-7,10,13,19,24-25,28H,3,8-9,11-12,14H2,1-2H3. The van der Waals surface area contributed by atoms with Gasteiger partial charge >= 0.3 is 0 Å².